The average Bonchev–Trinajstić information content (AvgIpc) is 3.02. The van der Waals surface area contributed by atoms with Crippen molar-refractivity contribution in [2.45, 2.75) is 19.9 Å². The van der Waals surface area contributed by atoms with Gasteiger partial charge in [-0.25, -0.2) is 24.2 Å². The maximum atomic E-state index is 13.5. The minimum Gasteiger partial charge on any atom is -0.394 e. The number of benzene rings is 2. The smallest absolute Gasteiger partial charge is 0.335 e. The van der Waals surface area contributed by atoms with Crippen LogP contribution in [0.5, 0.6) is 0 Å². The number of halogens is 1. The summed E-state index contributed by atoms with van der Waals surface area (Å²) in [4.78, 5) is 65.3. The third-order valence-corrected chi connectivity index (χ3v) is 6.64. The first-order valence-electron chi connectivity index (χ1n) is 13.8. The van der Waals surface area contributed by atoms with E-state index in [2.05, 4.69) is 26.1 Å². The molecule has 230 valence electrons. The van der Waals surface area contributed by atoms with Gasteiger partial charge in [0.2, 0.25) is 0 Å². The van der Waals surface area contributed by atoms with E-state index in [1.54, 1.807) is 56.4 Å². The van der Waals surface area contributed by atoms with Gasteiger partial charge >= 0.3 is 5.69 Å². The van der Waals surface area contributed by atoms with Gasteiger partial charge in [-0.3, -0.25) is 28.8 Å². The number of pyridine rings is 2. The van der Waals surface area contributed by atoms with Crippen molar-refractivity contribution in [3.63, 3.8) is 0 Å². The van der Waals surface area contributed by atoms with Crippen molar-refractivity contribution in [1.82, 2.24) is 24.6 Å². The zero-order chi connectivity index (χ0) is 32.1. The average molecular weight is 614 g/mol. The highest BCUT2D eigenvalue weighted by Gasteiger charge is 2.20. The van der Waals surface area contributed by atoms with E-state index in [1.807, 2.05) is 0 Å². The number of hydroxylamine groups is 1. The van der Waals surface area contributed by atoms with E-state index in [-0.39, 0.29) is 36.2 Å². The number of fused-ring (bicyclic) bond motifs is 1. The van der Waals surface area contributed by atoms with Gasteiger partial charge in [0.05, 0.1) is 30.6 Å². The summed E-state index contributed by atoms with van der Waals surface area (Å²) >= 11 is 0. The Bertz CT molecular complexity index is 1990. The molecule has 0 aliphatic rings. The third-order valence-electron chi connectivity index (χ3n) is 6.64. The molecule has 0 radical (unpaired) electrons. The van der Waals surface area contributed by atoms with Gasteiger partial charge in [0, 0.05) is 40.9 Å². The van der Waals surface area contributed by atoms with Gasteiger partial charge in [0.25, 0.3) is 17.4 Å². The van der Waals surface area contributed by atoms with E-state index >= 15 is 0 Å². The van der Waals surface area contributed by atoms with Crippen LogP contribution in [0.15, 0.2) is 88.8 Å². The van der Waals surface area contributed by atoms with Crippen LogP contribution in [-0.4, -0.2) is 49.2 Å². The molecule has 13 nitrogen and oxygen atoms in total. The number of carbonyl (C=O) groups is 2. The molecule has 45 heavy (non-hydrogen) atoms. The maximum absolute atomic E-state index is 13.5. The Morgan fingerprint density at radius 1 is 0.978 bits per heavy atom. The van der Waals surface area contributed by atoms with Crippen LogP contribution in [0.3, 0.4) is 0 Å². The monoisotopic (exact) mass is 613 g/mol. The molecule has 5 aromatic rings. The largest absolute Gasteiger partial charge is 0.394 e. The second-order valence-corrected chi connectivity index (χ2v) is 10.0. The third kappa shape index (κ3) is 6.76. The number of anilines is 3. The minimum atomic E-state index is -0.841. The lowest BCUT2D eigenvalue weighted by atomic mass is 10.1. The summed E-state index contributed by atoms with van der Waals surface area (Å²) < 4.78 is 15.6. The highest BCUT2D eigenvalue weighted by Crippen LogP contribution is 2.26. The van der Waals surface area contributed by atoms with Crippen molar-refractivity contribution in [2.24, 2.45) is 0 Å². The highest BCUT2D eigenvalue weighted by atomic mass is 19.1. The molecule has 2 aromatic carbocycles. The van der Waals surface area contributed by atoms with E-state index in [1.165, 1.54) is 29.1 Å². The molecule has 14 heteroatoms. The van der Waals surface area contributed by atoms with Crippen LogP contribution in [0.2, 0.25) is 0 Å². The molecule has 0 spiro atoms. The molecule has 0 unspecified atom stereocenters. The Morgan fingerprint density at radius 3 is 2.38 bits per heavy atom. The number of carbonyl (C=O) groups excluding carboxylic acids is 2. The number of aromatic nitrogens is 4. The number of rotatable bonds is 10. The van der Waals surface area contributed by atoms with E-state index in [0.29, 0.717) is 28.0 Å². The van der Waals surface area contributed by atoms with Crippen LogP contribution in [0.1, 0.15) is 40.7 Å². The second-order valence-electron chi connectivity index (χ2n) is 10.0. The summed E-state index contributed by atoms with van der Waals surface area (Å²) in [6.07, 6.45) is 4.25. The minimum absolute atomic E-state index is 0.0669. The fourth-order valence-corrected chi connectivity index (χ4v) is 4.40. The molecule has 0 fully saturated rings. The van der Waals surface area contributed by atoms with Gasteiger partial charge < -0.3 is 15.7 Å². The lowest BCUT2D eigenvalue weighted by molar-refractivity contribution is 0.0165. The van der Waals surface area contributed by atoms with Gasteiger partial charge in [-0.15, -0.1) is 0 Å². The number of aliphatic hydroxyl groups excluding tert-OH is 1. The Hall–Kier alpha value is -5.73. The quantitative estimate of drug-likeness (QED) is 0.136. The van der Waals surface area contributed by atoms with Crippen molar-refractivity contribution < 1.29 is 23.9 Å². The topological polar surface area (TPSA) is 169 Å². The summed E-state index contributed by atoms with van der Waals surface area (Å²) in [6, 6.07) is 14.4. The predicted octanol–water partition coefficient (Wildman–Crippen LogP) is 3.31. The summed E-state index contributed by atoms with van der Waals surface area (Å²) in [5.41, 5.74) is 2.83. The first kappa shape index (κ1) is 30.7. The molecule has 5 rings (SSSR count). The normalized spacial score (nSPS) is 11.0. The van der Waals surface area contributed by atoms with E-state index in [0.717, 1.165) is 16.7 Å². The van der Waals surface area contributed by atoms with Gasteiger partial charge in [-0.05, 0) is 74.5 Å². The molecule has 4 N–H and O–H groups in total. The van der Waals surface area contributed by atoms with Crippen LogP contribution in [0, 0.1) is 5.82 Å². The maximum Gasteiger partial charge on any atom is 0.335 e. The predicted molar refractivity (Wildman–Crippen MR) is 164 cm³/mol. The Morgan fingerprint density at radius 2 is 1.69 bits per heavy atom. The Kier molecular flexibility index (Phi) is 9.07. The zero-order valence-electron chi connectivity index (χ0n) is 24.2. The van der Waals surface area contributed by atoms with E-state index in [9.17, 15) is 23.6 Å². The molecular weight excluding hydrogens is 585 g/mol. The van der Waals surface area contributed by atoms with Gasteiger partial charge in [0.1, 0.15) is 17.1 Å². The van der Waals surface area contributed by atoms with Crippen molar-refractivity contribution >= 4 is 39.8 Å². The molecule has 2 amide bonds. The number of aliphatic hydroxyl groups is 1. The van der Waals surface area contributed by atoms with Gasteiger partial charge in [-0.1, -0.05) is 0 Å². The van der Waals surface area contributed by atoms with Crippen molar-refractivity contribution in [2.75, 3.05) is 23.8 Å². The summed E-state index contributed by atoms with van der Waals surface area (Å²) in [6.45, 7) is 3.15. The number of hydrogen-bond donors (Lipinski definition) is 4. The SMILES string of the molecule is CC(C)n1cc(C(=O)Nc2ccc(Nc3ccnc4cnc(C(=O)NOCCO)cc34)cc2)c(=O)n(-c2ccc(F)cc2)c1=O. The summed E-state index contributed by atoms with van der Waals surface area (Å²) in [5, 5.41) is 15.4. The molecule has 0 bridgehead atoms. The lowest BCUT2D eigenvalue weighted by Crippen LogP contribution is -2.42. The molecule has 0 saturated carbocycles. The van der Waals surface area contributed by atoms with Crippen LogP contribution in [-0.2, 0) is 4.84 Å². The molecule has 0 aliphatic heterocycles. The first-order chi connectivity index (χ1) is 21.7. The molecular formula is C31H28FN7O6. The van der Waals surface area contributed by atoms with E-state index < -0.39 is 28.9 Å². The van der Waals surface area contributed by atoms with Crippen LogP contribution in [0.4, 0.5) is 21.5 Å². The number of nitrogens with zero attached hydrogens (tertiary/aromatic N) is 4. The molecule has 0 atom stereocenters. The first-order valence-corrected chi connectivity index (χ1v) is 13.8. The number of nitrogens with one attached hydrogen (secondary N) is 3. The second kappa shape index (κ2) is 13.3. The standard InChI is InChI=1S/C31H28FN7O6/c1-18(2)38-17-24(30(43)39(31(38)44)22-9-3-19(32)4-10-22)28(41)36-21-7-5-20(6-8-21)35-25-11-12-33-27-16-34-26(15-23(25)27)29(42)37-45-14-13-40/h3-12,15-18,40H,13-14H2,1-2H3,(H,33,35)(H,36,41)(H,37,42). The highest BCUT2D eigenvalue weighted by molar-refractivity contribution is 6.04. The Balaban J connectivity index is 1.37. The van der Waals surface area contributed by atoms with Crippen LogP contribution >= 0.6 is 0 Å². The fraction of sp³-hybridized carbons (Fsp3) is 0.161. The van der Waals surface area contributed by atoms with Crippen LogP contribution in [0.25, 0.3) is 16.6 Å². The number of hydrogen-bond acceptors (Lipinski definition) is 9. The lowest BCUT2D eigenvalue weighted by Gasteiger charge is -2.16. The summed E-state index contributed by atoms with van der Waals surface area (Å²) in [7, 11) is 0. The van der Waals surface area contributed by atoms with E-state index in [4.69, 9.17) is 9.94 Å². The molecule has 0 aliphatic carbocycles. The van der Waals surface area contributed by atoms with Crippen molar-refractivity contribution in [1.29, 1.82) is 0 Å². The molecule has 0 saturated heterocycles. The zero-order valence-corrected chi connectivity index (χ0v) is 24.2. The molecule has 3 heterocycles. The summed E-state index contributed by atoms with van der Waals surface area (Å²) in [5.74, 6) is -1.85. The molecule has 3 aromatic heterocycles. The van der Waals surface area contributed by atoms with Crippen molar-refractivity contribution in [3.05, 3.63) is 117 Å². The van der Waals surface area contributed by atoms with Gasteiger partial charge in [0.15, 0.2) is 0 Å². The fourth-order valence-electron chi connectivity index (χ4n) is 4.40. The number of amides is 2. The Labute approximate surface area is 254 Å². The van der Waals surface area contributed by atoms with Gasteiger partial charge in [-0.2, -0.15) is 0 Å². The van der Waals surface area contributed by atoms with Crippen LogP contribution < -0.4 is 27.4 Å². The van der Waals surface area contributed by atoms with Crippen molar-refractivity contribution in [3.8, 4) is 5.69 Å².